The zero-order chi connectivity index (χ0) is 15.9. The number of amides is 2. The van der Waals surface area contributed by atoms with Crippen molar-refractivity contribution in [3.05, 3.63) is 0 Å². The van der Waals surface area contributed by atoms with Crippen molar-refractivity contribution in [1.29, 1.82) is 0 Å². The molecule has 1 atom stereocenters. The highest BCUT2D eigenvalue weighted by atomic mass is 16.4. The molecule has 0 heterocycles. The number of carbonyl (C=O) groups is 2. The van der Waals surface area contributed by atoms with Crippen molar-refractivity contribution < 1.29 is 14.7 Å². The van der Waals surface area contributed by atoms with E-state index in [0.717, 1.165) is 32.2 Å². The molecule has 0 bridgehead atoms. The quantitative estimate of drug-likeness (QED) is 0.758. The topological polar surface area (TPSA) is 69.6 Å². The predicted molar refractivity (Wildman–Crippen MR) is 83.3 cm³/mol. The second-order valence-electron chi connectivity index (χ2n) is 6.36. The van der Waals surface area contributed by atoms with Crippen LogP contribution in [0.25, 0.3) is 0 Å². The molecule has 0 aromatic carbocycles. The van der Waals surface area contributed by atoms with E-state index >= 15 is 0 Å². The number of rotatable bonds is 7. The summed E-state index contributed by atoms with van der Waals surface area (Å²) in [5.74, 6) is -0.314. The highest BCUT2D eigenvalue weighted by Gasteiger charge is 2.40. The van der Waals surface area contributed by atoms with Gasteiger partial charge in [-0.2, -0.15) is 0 Å². The van der Waals surface area contributed by atoms with Crippen LogP contribution in [0.3, 0.4) is 0 Å². The van der Waals surface area contributed by atoms with Crippen LogP contribution in [0.2, 0.25) is 0 Å². The van der Waals surface area contributed by atoms with Crippen molar-refractivity contribution in [1.82, 2.24) is 10.2 Å². The van der Waals surface area contributed by atoms with Gasteiger partial charge < -0.3 is 15.3 Å². The lowest BCUT2D eigenvalue weighted by Gasteiger charge is -2.34. The lowest BCUT2D eigenvalue weighted by atomic mass is 9.74. The van der Waals surface area contributed by atoms with Crippen molar-refractivity contribution >= 4 is 12.0 Å². The largest absolute Gasteiger partial charge is 0.481 e. The van der Waals surface area contributed by atoms with Crippen LogP contribution in [-0.4, -0.2) is 41.6 Å². The van der Waals surface area contributed by atoms with Gasteiger partial charge in [0, 0.05) is 19.6 Å². The zero-order valence-corrected chi connectivity index (χ0v) is 13.7. The summed E-state index contributed by atoms with van der Waals surface area (Å²) < 4.78 is 0. The molecule has 21 heavy (non-hydrogen) atoms. The molecule has 0 spiro atoms. The summed E-state index contributed by atoms with van der Waals surface area (Å²) in [6.07, 6.45) is 5.33. The van der Waals surface area contributed by atoms with Crippen LogP contribution in [-0.2, 0) is 4.79 Å². The lowest BCUT2D eigenvalue weighted by molar-refractivity contribution is -0.150. The monoisotopic (exact) mass is 298 g/mol. The van der Waals surface area contributed by atoms with E-state index in [1.807, 2.05) is 6.92 Å². The van der Waals surface area contributed by atoms with Gasteiger partial charge in [0.05, 0.1) is 5.41 Å². The molecule has 0 aromatic heterocycles. The molecule has 2 N–H and O–H groups in total. The summed E-state index contributed by atoms with van der Waals surface area (Å²) in [5.41, 5.74) is -0.760. The van der Waals surface area contributed by atoms with E-state index in [2.05, 4.69) is 19.2 Å². The molecule has 1 fully saturated rings. The summed E-state index contributed by atoms with van der Waals surface area (Å²) in [6.45, 7) is 7.80. The van der Waals surface area contributed by atoms with E-state index in [0.29, 0.717) is 25.3 Å². The van der Waals surface area contributed by atoms with Crippen molar-refractivity contribution in [2.45, 2.75) is 59.3 Å². The highest BCUT2D eigenvalue weighted by molar-refractivity contribution is 5.78. The molecule has 0 radical (unpaired) electrons. The molecule has 1 unspecified atom stereocenters. The van der Waals surface area contributed by atoms with Crippen LogP contribution in [0, 0.1) is 11.3 Å². The molecule has 1 saturated carbocycles. The molecule has 5 heteroatoms. The Hall–Kier alpha value is -1.26. The summed E-state index contributed by atoms with van der Waals surface area (Å²) in [4.78, 5) is 25.6. The van der Waals surface area contributed by atoms with Gasteiger partial charge in [-0.05, 0) is 25.7 Å². The summed E-state index contributed by atoms with van der Waals surface area (Å²) >= 11 is 0. The van der Waals surface area contributed by atoms with Gasteiger partial charge in [0.1, 0.15) is 0 Å². The maximum atomic E-state index is 12.3. The van der Waals surface area contributed by atoms with Gasteiger partial charge in [-0.15, -0.1) is 0 Å². The smallest absolute Gasteiger partial charge is 0.317 e. The third-order valence-electron chi connectivity index (χ3n) is 4.74. The van der Waals surface area contributed by atoms with E-state index in [4.69, 9.17) is 0 Å². The SMILES string of the molecule is CCC(C)CN(CC)C(=O)NCC1(C(=O)O)CCCCC1. The Kier molecular flexibility index (Phi) is 6.99. The maximum Gasteiger partial charge on any atom is 0.317 e. The van der Waals surface area contributed by atoms with Crippen LogP contribution in [0.15, 0.2) is 0 Å². The van der Waals surface area contributed by atoms with Gasteiger partial charge in [-0.3, -0.25) is 4.79 Å². The van der Waals surface area contributed by atoms with Crippen molar-refractivity contribution in [3.8, 4) is 0 Å². The average Bonchev–Trinajstić information content (AvgIpc) is 2.50. The molecule has 2 amide bonds. The van der Waals surface area contributed by atoms with Crippen LogP contribution in [0.5, 0.6) is 0 Å². The standard InChI is InChI=1S/C16H30N2O3/c1-4-13(3)11-18(5-2)15(21)17-12-16(14(19)20)9-7-6-8-10-16/h13H,4-12H2,1-3H3,(H,17,21)(H,19,20). The minimum absolute atomic E-state index is 0.135. The first-order valence-corrected chi connectivity index (χ1v) is 8.21. The first-order chi connectivity index (χ1) is 9.95. The van der Waals surface area contributed by atoms with Crippen LogP contribution in [0.4, 0.5) is 4.79 Å². The van der Waals surface area contributed by atoms with Gasteiger partial charge in [0.15, 0.2) is 0 Å². The number of nitrogens with one attached hydrogen (secondary N) is 1. The van der Waals surface area contributed by atoms with Crippen LogP contribution < -0.4 is 5.32 Å². The number of hydrogen-bond donors (Lipinski definition) is 2. The molecule has 0 aromatic rings. The number of carboxylic acids is 1. The average molecular weight is 298 g/mol. The summed E-state index contributed by atoms with van der Waals surface area (Å²) in [5, 5.41) is 12.4. The molecule has 5 nitrogen and oxygen atoms in total. The van der Waals surface area contributed by atoms with E-state index in [1.165, 1.54) is 0 Å². The minimum Gasteiger partial charge on any atom is -0.481 e. The Morgan fingerprint density at radius 2 is 1.86 bits per heavy atom. The first kappa shape index (κ1) is 17.8. The lowest BCUT2D eigenvalue weighted by Crippen LogP contribution is -2.49. The Labute approximate surface area is 128 Å². The Balaban J connectivity index is 2.57. The Morgan fingerprint density at radius 1 is 1.24 bits per heavy atom. The maximum absolute atomic E-state index is 12.3. The molecular formula is C16H30N2O3. The van der Waals surface area contributed by atoms with E-state index in [1.54, 1.807) is 4.90 Å². The molecule has 1 aliphatic rings. The van der Waals surface area contributed by atoms with E-state index < -0.39 is 11.4 Å². The molecule has 0 aliphatic heterocycles. The summed E-state index contributed by atoms with van der Waals surface area (Å²) in [7, 11) is 0. The predicted octanol–water partition coefficient (Wildman–Crippen LogP) is 3.10. The zero-order valence-electron chi connectivity index (χ0n) is 13.7. The molecule has 1 aliphatic carbocycles. The molecular weight excluding hydrogens is 268 g/mol. The van der Waals surface area contributed by atoms with Gasteiger partial charge in [0.2, 0.25) is 0 Å². The fraction of sp³-hybridized carbons (Fsp3) is 0.875. The van der Waals surface area contributed by atoms with Crippen LogP contribution in [0.1, 0.15) is 59.3 Å². The van der Waals surface area contributed by atoms with Crippen molar-refractivity contribution in [3.63, 3.8) is 0 Å². The summed E-state index contributed by atoms with van der Waals surface area (Å²) in [6, 6.07) is -0.135. The first-order valence-electron chi connectivity index (χ1n) is 8.21. The Morgan fingerprint density at radius 3 is 2.33 bits per heavy atom. The number of carboxylic acid groups (broad SMARTS) is 1. The van der Waals surface area contributed by atoms with Crippen molar-refractivity contribution in [2.75, 3.05) is 19.6 Å². The number of hydrogen-bond acceptors (Lipinski definition) is 2. The van der Waals surface area contributed by atoms with E-state index in [9.17, 15) is 14.7 Å². The molecule has 122 valence electrons. The highest BCUT2D eigenvalue weighted by Crippen LogP contribution is 2.36. The third kappa shape index (κ3) is 4.90. The number of urea groups is 1. The second kappa shape index (κ2) is 8.25. The number of carbonyl (C=O) groups excluding carboxylic acids is 1. The molecule has 0 saturated heterocycles. The van der Waals surface area contributed by atoms with Crippen molar-refractivity contribution in [2.24, 2.45) is 11.3 Å². The third-order valence-corrected chi connectivity index (χ3v) is 4.74. The normalized spacial score (nSPS) is 18.8. The number of aliphatic carboxylic acids is 1. The van der Waals surface area contributed by atoms with E-state index in [-0.39, 0.29) is 12.6 Å². The van der Waals surface area contributed by atoms with Gasteiger partial charge in [0.25, 0.3) is 0 Å². The fourth-order valence-electron chi connectivity index (χ4n) is 2.91. The van der Waals surface area contributed by atoms with Gasteiger partial charge >= 0.3 is 12.0 Å². The second-order valence-corrected chi connectivity index (χ2v) is 6.36. The van der Waals surface area contributed by atoms with Crippen LogP contribution >= 0.6 is 0 Å². The van der Waals surface area contributed by atoms with Gasteiger partial charge in [-0.1, -0.05) is 39.5 Å². The minimum atomic E-state index is -0.771. The fourth-order valence-corrected chi connectivity index (χ4v) is 2.91. The van der Waals surface area contributed by atoms with Gasteiger partial charge in [-0.25, -0.2) is 4.79 Å². The number of nitrogens with zero attached hydrogens (tertiary/aromatic N) is 1. The molecule has 1 rings (SSSR count). The Bertz CT molecular complexity index is 351.